The van der Waals surface area contributed by atoms with Crippen LogP contribution in [-0.2, 0) is 0 Å². The highest BCUT2D eigenvalue weighted by Crippen LogP contribution is 2.24. The van der Waals surface area contributed by atoms with Gasteiger partial charge in [-0.05, 0) is 33.3 Å². The molecule has 1 heterocycles. The minimum atomic E-state index is -0.0449. The van der Waals surface area contributed by atoms with E-state index < -0.39 is 0 Å². The molecule has 1 aromatic heterocycles. The van der Waals surface area contributed by atoms with Crippen molar-refractivity contribution in [3.05, 3.63) is 20.8 Å². The normalized spacial score (nSPS) is 13.2. The van der Waals surface area contributed by atoms with Crippen LogP contribution < -0.4 is 5.73 Å². The fourth-order valence-corrected chi connectivity index (χ4v) is 2.58. The molecular weight excluding hydrogens is 262 g/mol. The van der Waals surface area contributed by atoms with Gasteiger partial charge in [-0.25, -0.2) is 0 Å². The quantitative estimate of drug-likeness (QED) is 0.859. The van der Waals surface area contributed by atoms with Crippen LogP contribution in [-0.4, -0.2) is 11.8 Å². The molecule has 0 radical (unpaired) electrons. The highest BCUT2D eigenvalue weighted by molar-refractivity contribution is 9.10. The first-order valence-electron chi connectivity index (χ1n) is 4.54. The van der Waals surface area contributed by atoms with Crippen LogP contribution in [0.25, 0.3) is 0 Å². The lowest BCUT2D eigenvalue weighted by molar-refractivity contribution is 0.0971. The third-order valence-corrected chi connectivity index (χ3v) is 4.03. The monoisotopic (exact) mass is 275 g/mol. The maximum atomic E-state index is 11.7. The third-order valence-electron chi connectivity index (χ3n) is 2.15. The van der Waals surface area contributed by atoms with Crippen molar-refractivity contribution in [1.82, 2.24) is 0 Å². The Labute approximate surface area is 96.6 Å². The number of halogens is 1. The van der Waals surface area contributed by atoms with Crippen LogP contribution in [0.5, 0.6) is 0 Å². The molecule has 1 unspecified atom stereocenters. The summed E-state index contributed by atoms with van der Waals surface area (Å²) in [7, 11) is 0. The lowest BCUT2D eigenvalue weighted by Gasteiger charge is -2.13. The predicted octanol–water partition coefficient (Wildman–Crippen LogP) is 3.07. The number of nitrogens with two attached hydrogens (primary N) is 1. The molecule has 2 N–H and O–H groups in total. The van der Waals surface area contributed by atoms with Gasteiger partial charge in [-0.15, -0.1) is 11.3 Å². The zero-order valence-corrected chi connectivity index (χ0v) is 10.7. The van der Waals surface area contributed by atoms with E-state index in [9.17, 15) is 4.79 Å². The second kappa shape index (κ2) is 5.05. The highest BCUT2D eigenvalue weighted by atomic mass is 79.9. The van der Waals surface area contributed by atoms with Gasteiger partial charge in [0.15, 0.2) is 5.78 Å². The molecule has 0 bridgehead atoms. The maximum Gasteiger partial charge on any atom is 0.175 e. The predicted molar refractivity (Wildman–Crippen MR) is 63.8 cm³/mol. The van der Waals surface area contributed by atoms with Gasteiger partial charge < -0.3 is 5.73 Å². The summed E-state index contributed by atoms with van der Waals surface area (Å²) in [5.41, 5.74) is 5.84. The summed E-state index contributed by atoms with van der Waals surface area (Å²) in [5.74, 6) is 0.478. The minimum Gasteiger partial charge on any atom is -0.327 e. The number of hydrogen-bond donors (Lipinski definition) is 1. The molecule has 0 aliphatic carbocycles. The highest BCUT2D eigenvalue weighted by Gasteiger charge is 2.17. The SMILES string of the molecule is CC(C)C(N)CC(=O)c1sccc1Br. The third kappa shape index (κ3) is 2.90. The van der Waals surface area contributed by atoms with Crippen LogP contribution in [0.2, 0.25) is 0 Å². The Morgan fingerprint density at radius 2 is 2.29 bits per heavy atom. The molecule has 1 atom stereocenters. The summed E-state index contributed by atoms with van der Waals surface area (Å²) < 4.78 is 0.878. The van der Waals surface area contributed by atoms with Crippen molar-refractivity contribution >= 4 is 33.0 Å². The van der Waals surface area contributed by atoms with Crippen LogP contribution in [0.4, 0.5) is 0 Å². The Bertz CT molecular complexity index is 322. The summed E-state index contributed by atoms with van der Waals surface area (Å²) in [5, 5.41) is 1.90. The van der Waals surface area contributed by atoms with Gasteiger partial charge in [0.1, 0.15) is 0 Å². The Kier molecular flexibility index (Phi) is 4.29. The van der Waals surface area contributed by atoms with Crippen LogP contribution in [0.3, 0.4) is 0 Å². The van der Waals surface area contributed by atoms with Crippen molar-refractivity contribution in [2.45, 2.75) is 26.3 Å². The van der Waals surface area contributed by atoms with E-state index in [1.165, 1.54) is 11.3 Å². The van der Waals surface area contributed by atoms with Crippen molar-refractivity contribution in [2.75, 3.05) is 0 Å². The average molecular weight is 276 g/mol. The number of thiophene rings is 1. The van der Waals surface area contributed by atoms with Crippen molar-refractivity contribution in [3.63, 3.8) is 0 Å². The second-order valence-electron chi connectivity index (χ2n) is 3.63. The topological polar surface area (TPSA) is 43.1 Å². The Morgan fingerprint density at radius 1 is 1.64 bits per heavy atom. The van der Waals surface area contributed by atoms with Crippen LogP contribution in [0.15, 0.2) is 15.9 Å². The van der Waals surface area contributed by atoms with E-state index in [1.807, 2.05) is 25.3 Å². The minimum absolute atomic E-state index is 0.0449. The van der Waals surface area contributed by atoms with Crippen molar-refractivity contribution in [3.8, 4) is 0 Å². The molecule has 0 aliphatic heterocycles. The number of ketones is 1. The van der Waals surface area contributed by atoms with E-state index in [2.05, 4.69) is 15.9 Å². The molecule has 0 spiro atoms. The summed E-state index contributed by atoms with van der Waals surface area (Å²) in [6, 6.07) is 1.84. The van der Waals surface area contributed by atoms with Crippen molar-refractivity contribution in [2.24, 2.45) is 11.7 Å². The average Bonchev–Trinajstić information content (AvgIpc) is 2.51. The molecule has 0 aliphatic rings. The summed E-state index contributed by atoms with van der Waals surface area (Å²) >= 11 is 4.80. The Hall–Kier alpha value is -0.190. The number of Topliss-reactive ketones (excluding diaryl/α,β-unsaturated/α-hetero) is 1. The number of carbonyl (C=O) groups is 1. The first-order valence-corrected chi connectivity index (χ1v) is 6.21. The van der Waals surface area contributed by atoms with E-state index >= 15 is 0 Å². The van der Waals surface area contributed by atoms with Crippen molar-refractivity contribution in [1.29, 1.82) is 0 Å². The Balaban J connectivity index is 2.64. The molecule has 0 saturated heterocycles. The van der Waals surface area contributed by atoms with Gasteiger partial charge in [0.2, 0.25) is 0 Å². The molecular formula is C10H14BrNOS. The van der Waals surface area contributed by atoms with E-state index in [0.717, 1.165) is 9.35 Å². The van der Waals surface area contributed by atoms with Crippen molar-refractivity contribution < 1.29 is 4.79 Å². The van der Waals surface area contributed by atoms with Gasteiger partial charge in [0, 0.05) is 16.9 Å². The molecule has 0 aromatic carbocycles. The molecule has 0 fully saturated rings. The van der Waals surface area contributed by atoms with Gasteiger partial charge in [-0.1, -0.05) is 13.8 Å². The second-order valence-corrected chi connectivity index (χ2v) is 5.40. The van der Waals surface area contributed by atoms with E-state index in [1.54, 1.807) is 0 Å². The molecule has 1 aromatic rings. The van der Waals surface area contributed by atoms with Crippen LogP contribution in [0, 0.1) is 5.92 Å². The van der Waals surface area contributed by atoms with Gasteiger partial charge in [0.25, 0.3) is 0 Å². The number of hydrogen-bond acceptors (Lipinski definition) is 3. The summed E-state index contributed by atoms with van der Waals surface area (Å²) in [6.45, 7) is 4.06. The van der Waals surface area contributed by atoms with E-state index in [4.69, 9.17) is 5.73 Å². The first kappa shape index (κ1) is 11.9. The Morgan fingerprint density at radius 3 is 2.71 bits per heavy atom. The molecule has 0 amide bonds. The molecule has 1 rings (SSSR count). The largest absolute Gasteiger partial charge is 0.327 e. The first-order chi connectivity index (χ1) is 6.52. The molecule has 0 saturated carbocycles. The zero-order valence-electron chi connectivity index (χ0n) is 8.29. The molecule has 78 valence electrons. The molecule has 2 nitrogen and oxygen atoms in total. The fraction of sp³-hybridized carbons (Fsp3) is 0.500. The van der Waals surface area contributed by atoms with Gasteiger partial charge >= 0.3 is 0 Å². The maximum absolute atomic E-state index is 11.7. The van der Waals surface area contributed by atoms with Gasteiger partial charge in [-0.3, -0.25) is 4.79 Å². The number of rotatable bonds is 4. The van der Waals surface area contributed by atoms with E-state index in [0.29, 0.717) is 12.3 Å². The number of carbonyl (C=O) groups excluding carboxylic acids is 1. The zero-order chi connectivity index (χ0) is 10.7. The van der Waals surface area contributed by atoms with Gasteiger partial charge in [0.05, 0.1) is 4.88 Å². The lowest BCUT2D eigenvalue weighted by atomic mass is 9.99. The van der Waals surface area contributed by atoms with Crippen LogP contribution in [0.1, 0.15) is 29.9 Å². The van der Waals surface area contributed by atoms with E-state index in [-0.39, 0.29) is 11.8 Å². The molecule has 4 heteroatoms. The lowest BCUT2D eigenvalue weighted by Crippen LogP contribution is -2.29. The van der Waals surface area contributed by atoms with Gasteiger partial charge in [-0.2, -0.15) is 0 Å². The summed E-state index contributed by atoms with van der Waals surface area (Å²) in [4.78, 5) is 12.5. The molecule has 14 heavy (non-hydrogen) atoms. The standard InChI is InChI=1S/C10H14BrNOS/c1-6(2)8(12)5-9(13)10-7(11)3-4-14-10/h3-4,6,8H,5,12H2,1-2H3. The van der Waals surface area contributed by atoms with Crippen LogP contribution >= 0.6 is 27.3 Å². The summed E-state index contributed by atoms with van der Waals surface area (Å²) in [6.07, 6.45) is 0.427. The fourth-order valence-electron chi connectivity index (χ4n) is 1.04. The smallest absolute Gasteiger partial charge is 0.175 e.